The Kier molecular flexibility index (Phi) is 7.84. The number of hydrogen-bond donors (Lipinski definition) is 5. The molecule has 3 rings (SSSR count). The number of nitrogen functional groups attached to an aromatic ring is 1. The molecule has 198 valence electrons. The van der Waals surface area contributed by atoms with Gasteiger partial charge in [-0.05, 0) is 22.4 Å². The normalized spacial score (nSPS) is 11.5. The fraction of sp³-hybridized carbons (Fsp3) is 0.250. The molecule has 3 heterocycles. The van der Waals surface area contributed by atoms with Crippen LogP contribution in [0.2, 0.25) is 0 Å². The number of aromatic nitrogens is 5. The number of hydrogen-bond acceptors (Lipinski definition) is 12. The second-order valence-corrected chi connectivity index (χ2v) is 7.69. The number of carboxylic acid groups (broad SMARTS) is 2. The lowest BCUT2D eigenvalue weighted by Crippen LogP contribution is -2.41. The summed E-state index contributed by atoms with van der Waals surface area (Å²) in [5.41, 5.74) is 4.06. The van der Waals surface area contributed by atoms with E-state index in [0.717, 1.165) is 24.0 Å². The van der Waals surface area contributed by atoms with Crippen molar-refractivity contribution in [1.82, 2.24) is 30.2 Å². The number of rotatable bonds is 10. The number of H-pyrrole nitrogens is 1. The second kappa shape index (κ2) is 11.0. The SMILES string of the molecule is CC(=O)N(Cc1cnc2[nH]c(N)nc(=O)c2n1)c1ccc(C(=O)N[C@@H](CCC(=O)O)C(=O)O)c([N+](=O)[O-])n1. The lowest BCUT2D eigenvalue weighted by atomic mass is 10.1. The molecule has 1 atom stereocenters. The second-order valence-electron chi connectivity index (χ2n) is 7.69. The number of aliphatic carboxylic acids is 2. The van der Waals surface area contributed by atoms with Gasteiger partial charge in [-0.2, -0.15) is 4.98 Å². The third-order valence-electron chi connectivity index (χ3n) is 5.00. The van der Waals surface area contributed by atoms with Crippen LogP contribution in [0.1, 0.15) is 35.8 Å². The highest BCUT2D eigenvalue weighted by molar-refractivity contribution is 6.00. The summed E-state index contributed by atoms with van der Waals surface area (Å²) in [6, 6.07) is 0.441. The van der Waals surface area contributed by atoms with Gasteiger partial charge in [0.05, 0.1) is 18.4 Å². The predicted octanol–water partition coefficient (Wildman–Crippen LogP) is -0.801. The highest BCUT2D eigenvalue weighted by Crippen LogP contribution is 2.23. The van der Waals surface area contributed by atoms with E-state index >= 15 is 0 Å². The molecule has 0 fully saturated rings. The van der Waals surface area contributed by atoms with Gasteiger partial charge < -0.3 is 36.4 Å². The number of pyridine rings is 1. The van der Waals surface area contributed by atoms with Crippen molar-refractivity contribution in [2.24, 2.45) is 0 Å². The number of carbonyl (C=O) groups excluding carboxylic acids is 2. The maximum atomic E-state index is 12.6. The first-order valence-electron chi connectivity index (χ1n) is 10.6. The molecular formula is C20H19N9O9. The predicted molar refractivity (Wildman–Crippen MR) is 126 cm³/mol. The number of carboxylic acids is 2. The van der Waals surface area contributed by atoms with Crippen LogP contribution in [0.15, 0.2) is 23.1 Å². The Hall–Kier alpha value is -5.55. The van der Waals surface area contributed by atoms with Crippen molar-refractivity contribution < 1.29 is 34.3 Å². The molecule has 0 unspecified atom stereocenters. The number of anilines is 2. The van der Waals surface area contributed by atoms with Gasteiger partial charge in [-0.3, -0.25) is 24.1 Å². The largest absolute Gasteiger partial charge is 0.481 e. The van der Waals surface area contributed by atoms with Crippen molar-refractivity contribution in [1.29, 1.82) is 0 Å². The molecule has 18 nitrogen and oxygen atoms in total. The van der Waals surface area contributed by atoms with Crippen molar-refractivity contribution in [2.75, 3.05) is 10.6 Å². The molecule has 0 aliphatic carbocycles. The Morgan fingerprint density at radius 2 is 1.92 bits per heavy atom. The van der Waals surface area contributed by atoms with Crippen LogP contribution in [0.3, 0.4) is 0 Å². The lowest BCUT2D eigenvalue weighted by Gasteiger charge is -2.17. The molecule has 18 heteroatoms. The van der Waals surface area contributed by atoms with Crippen LogP contribution in [-0.4, -0.2) is 69.9 Å². The molecule has 0 aliphatic heterocycles. The molecule has 0 spiro atoms. The molecule has 0 aromatic carbocycles. The summed E-state index contributed by atoms with van der Waals surface area (Å²) < 4.78 is 0. The highest BCUT2D eigenvalue weighted by atomic mass is 16.6. The van der Waals surface area contributed by atoms with Crippen LogP contribution in [-0.2, 0) is 20.9 Å². The van der Waals surface area contributed by atoms with Crippen LogP contribution >= 0.6 is 0 Å². The minimum Gasteiger partial charge on any atom is -0.481 e. The lowest BCUT2D eigenvalue weighted by molar-refractivity contribution is -0.389. The number of amides is 2. The number of nitrogens with zero attached hydrogens (tertiary/aromatic N) is 6. The Bertz CT molecular complexity index is 1520. The minimum atomic E-state index is -1.63. The molecule has 0 saturated heterocycles. The fourth-order valence-corrected chi connectivity index (χ4v) is 3.24. The smallest absolute Gasteiger partial charge is 0.378 e. The molecule has 0 saturated carbocycles. The standard InChI is InChI=1S/C20H19N9O9/c1-8(30)28(7-9-6-22-15-14(23-9)18(34)27-20(21)26-15)12-4-2-10(16(25-12)29(37)38)17(33)24-11(19(35)36)3-5-13(31)32/h2,4,6,11H,3,5,7H2,1H3,(H,24,33)(H,31,32)(H,35,36)(H3,21,22,26,27,34)/t11-/m0/s1. The minimum absolute atomic E-state index is 0.0489. The van der Waals surface area contributed by atoms with E-state index < -0.39 is 64.5 Å². The Labute approximate surface area is 210 Å². The number of aromatic amines is 1. The summed E-state index contributed by atoms with van der Waals surface area (Å²) in [7, 11) is 0. The summed E-state index contributed by atoms with van der Waals surface area (Å²) in [5, 5.41) is 31.7. The summed E-state index contributed by atoms with van der Waals surface area (Å²) >= 11 is 0. The topological polar surface area (TPSA) is 278 Å². The van der Waals surface area contributed by atoms with Gasteiger partial charge in [0.2, 0.25) is 11.9 Å². The van der Waals surface area contributed by atoms with E-state index in [0.29, 0.717) is 0 Å². The van der Waals surface area contributed by atoms with Gasteiger partial charge in [0.1, 0.15) is 11.6 Å². The Balaban J connectivity index is 1.93. The first kappa shape index (κ1) is 27.0. The number of nitro groups is 1. The van der Waals surface area contributed by atoms with Gasteiger partial charge in [0.25, 0.3) is 11.7 Å². The zero-order chi connectivity index (χ0) is 28.1. The van der Waals surface area contributed by atoms with E-state index in [1.165, 1.54) is 6.20 Å². The van der Waals surface area contributed by atoms with E-state index in [1.807, 2.05) is 5.32 Å². The average molecular weight is 529 g/mol. The molecule has 3 aromatic rings. The zero-order valence-electron chi connectivity index (χ0n) is 19.4. The van der Waals surface area contributed by atoms with E-state index in [9.17, 15) is 39.2 Å². The monoisotopic (exact) mass is 529 g/mol. The number of carbonyl (C=O) groups is 4. The van der Waals surface area contributed by atoms with Gasteiger partial charge in [-0.1, -0.05) is 0 Å². The molecule has 2 amide bonds. The number of nitrogens with one attached hydrogen (secondary N) is 2. The van der Waals surface area contributed by atoms with Crippen LogP contribution in [0.5, 0.6) is 0 Å². The molecule has 38 heavy (non-hydrogen) atoms. The third kappa shape index (κ3) is 6.17. The van der Waals surface area contributed by atoms with Gasteiger partial charge in [-0.15, -0.1) is 0 Å². The molecule has 6 N–H and O–H groups in total. The van der Waals surface area contributed by atoms with E-state index in [2.05, 4.69) is 24.9 Å². The summed E-state index contributed by atoms with van der Waals surface area (Å²) in [6.45, 7) is 0.811. The van der Waals surface area contributed by atoms with Crippen molar-refractivity contribution in [3.63, 3.8) is 0 Å². The van der Waals surface area contributed by atoms with Crippen LogP contribution in [0, 0.1) is 10.1 Å². The molecular weight excluding hydrogens is 510 g/mol. The number of nitrogens with two attached hydrogens (primary N) is 1. The van der Waals surface area contributed by atoms with E-state index in [4.69, 9.17) is 10.8 Å². The number of fused-ring (bicyclic) bond motifs is 1. The van der Waals surface area contributed by atoms with Crippen LogP contribution < -0.4 is 21.5 Å². The van der Waals surface area contributed by atoms with Gasteiger partial charge in [0.15, 0.2) is 11.2 Å². The summed E-state index contributed by atoms with van der Waals surface area (Å²) in [4.78, 5) is 88.7. The van der Waals surface area contributed by atoms with Crippen molar-refractivity contribution >= 4 is 52.5 Å². The highest BCUT2D eigenvalue weighted by Gasteiger charge is 2.30. The maximum absolute atomic E-state index is 12.6. The molecule has 0 aliphatic rings. The quantitative estimate of drug-likeness (QED) is 0.159. The fourth-order valence-electron chi connectivity index (χ4n) is 3.24. The van der Waals surface area contributed by atoms with Crippen molar-refractivity contribution in [2.45, 2.75) is 32.4 Å². The first-order chi connectivity index (χ1) is 17.9. The van der Waals surface area contributed by atoms with Gasteiger partial charge in [-0.25, -0.2) is 14.8 Å². The third-order valence-corrected chi connectivity index (χ3v) is 5.00. The maximum Gasteiger partial charge on any atom is 0.378 e. The molecule has 3 aromatic heterocycles. The molecule has 0 bridgehead atoms. The van der Waals surface area contributed by atoms with Gasteiger partial charge in [0, 0.05) is 19.4 Å². The van der Waals surface area contributed by atoms with E-state index in [-0.39, 0.29) is 35.2 Å². The molecule has 0 radical (unpaired) electrons. The zero-order valence-corrected chi connectivity index (χ0v) is 19.4. The van der Waals surface area contributed by atoms with Crippen LogP contribution in [0.4, 0.5) is 17.6 Å². The van der Waals surface area contributed by atoms with Crippen molar-refractivity contribution in [3.05, 3.63) is 50.1 Å². The summed E-state index contributed by atoms with van der Waals surface area (Å²) in [5.74, 6) is -6.08. The van der Waals surface area contributed by atoms with Crippen molar-refractivity contribution in [3.8, 4) is 0 Å². The summed E-state index contributed by atoms with van der Waals surface area (Å²) in [6.07, 6.45) is 0.190. The van der Waals surface area contributed by atoms with Gasteiger partial charge >= 0.3 is 23.3 Å². The Morgan fingerprint density at radius 1 is 1.21 bits per heavy atom. The first-order valence-corrected chi connectivity index (χ1v) is 10.6. The van der Waals surface area contributed by atoms with E-state index in [1.54, 1.807) is 0 Å². The van der Waals surface area contributed by atoms with Crippen LogP contribution in [0.25, 0.3) is 11.2 Å². The Morgan fingerprint density at radius 3 is 2.53 bits per heavy atom. The average Bonchev–Trinajstić information content (AvgIpc) is 2.84.